The highest BCUT2D eigenvalue weighted by molar-refractivity contribution is 6.03. The van der Waals surface area contributed by atoms with Gasteiger partial charge in [-0.1, -0.05) is 6.07 Å². The number of amides is 1. The lowest BCUT2D eigenvalue weighted by molar-refractivity contribution is 0.102. The summed E-state index contributed by atoms with van der Waals surface area (Å²) in [7, 11) is 1.78. The van der Waals surface area contributed by atoms with Gasteiger partial charge < -0.3 is 15.2 Å². The zero-order valence-corrected chi connectivity index (χ0v) is 11.4. The van der Waals surface area contributed by atoms with Gasteiger partial charge in [0.25, 0.3) is 5.91 Å². The van der Waals surface area contributed by atoms with Crippen molar-refractivity contribution in [3.8, 4) is 5.75 Å². The molecule has 0 aliphatic heterocycles. The molecule has 0 spiro atoms. The third kappa shape index (κ3) is 3.58. The fraction of sp³-hybridized carbons (Fsp3) is 0.286. The molecule has 2 rings (SSSR count). The van der Waals surface area contributed by atoms with Gasteiger partial charge in [0, 0.05) is 24.9 Å². The Morgan fingerprint density at radius 2 is 2.30 bits per heavy atom. The molecule has 1 unspecified atom stereocenters. The average Bonchev–Trinajstić information content (AvgIpc) is 2.84. The van der Waals surface area contributed by atoms with Gasteiger partial charge in [-0.15, -0.1) is 0 Å². The van der Waals surface area contributed by atoms with Crippen LogP contribution in [-0.2, 0) is 7.05 Å². The molecule has 1 aromatic heterocycles. The molecule has 1 heterocycles. The number of aliphatic hydroxyl groups excluding tert-OH is 1. The second kappa shape index (κ2) is 6.21. The SMILES string of the molecule is CC(CO)Oc1cccc(C(=O)Nc2ccn(C)n2)c1. The summed E-state index contributed by atoms with van der Waals surface area (Å²) in [6.45, 7) is 1.67. The second-order valence-corrected chi connectivity index (χ2v) is 4.47. The van der Waals surface area contributed by atoms with E-state index in [9.17, 15) is 4.79 Å². The highest BCUT2D eigenvalue weighted by Gasteiger charge is 2.10. The molecule has 1 aromatic carbocycles. The summed E-state index contributed by atoms with van der Waals surface area (Å²) >= 11 is 0. The van der Waals surface area contributed by atoms with E-state index in [1.54, 1.807) is 55.2 Å². The number of rotatable bonds is 5. The van der Waals surface area contributed by atoms with Gasteiger partial charge in [0.05, 0.1) is 6.61 Å². The van der Waals surface area contributed by atoms with Crippen LogP contribution in [-0.4, -0.2) is 33.5 Å². The van der Waals surface area contributed by atoms with E-state index >= 15 is 0 Å². The molecule has 0 saturated carbocycles. The van der Waals surface area contributed by atoms with Gasteiger partial charge in [0.2, 0.25) is 0 Å². The van der Waals surface area contributed by atoms with Crippen LogP contribution in [0, 0.1) is 0 Å². The summed E-state index contributed by atoms with van der Waals surface area (Å²) in [5, 5.41) is 15.7. The van der Waals surface area contributed by atoms with Crippen molar-refractivity contribution in [1.29, 1.82) is 0 Å². The Balaban J connectivity index is 2.08. The van der Waals surface area contributed by atoms with Gasteiger partial charge in [-0.05, 0) is 25.1 Å². The van der Waals surface area contributed by atoms with Gasteiger partial charge in [-0.3, -0.25) is 9.48 Å². The van der Waals surface area contributed by atoms with Crippen molar-refractivity contribution in [2.75, 3.05) is 11.9 Å². The maximum Gasteiger partial charge on any atom is 0.256 e. The van der Waals surface area contributed by atoms with Crippen LogP contribution in [0.5, 0.6) is 5.75 Å². The van der Waals surface area contributed by atoms with Crippen molar-refractivity contribution in [3.63, 3.8) is 0 Å². The Labute approximate surface area is 117 Å². The molecule has 6 heteroatoms. The number of ether oxygens (including phenoxy) is 1. The Morgan fingerprint density at radius 1 is 1.50 bits per heavy atom. The summed E-state index contributed by atoms with van der Waals surface area (Å²) in [5.41, 5.74) is 0.471. The van der Waals surface area contributed by atoms with E-state index < -0.39 is 0 Å². The van der Waals surface area contributed by atoms with E-state index in [2.05, 4.69) is 10.4 Å². The Kier molecular flexibility index (Phi) is 4.37. The largest absolute Gasteiger partial charge is 0.488 e. The lowest BCUT2D eigenvalue weighted by Gasteiger charge is -2.12. The fourth-order valence-corrected chi connectivity index (χ4v) is 1.65. The molecular weight excluding hydrogens is 258 g/mol. The number of nitrogens with one attached hydrogen (secondary N) is 1. The van der Waals surface area contributed by atoms with E-state index in [1.165, 1.54) is 0 Å². The number of carbonyl (C=O) groups is 1. The molecule has 6 nitrogen and oxygen atoms in total. The molecule has 106 valence electrons. The molecule has 0 saturated heterocycles. The predicted octanol–water partition coefficient (Wildman–Crippen LogP) is 1.43. The van der Waals surface area contributed by atoms with Gasteiger partial charge in [-0.25, -0.2) is 0 Å². The molecule has 1 amide bonds. The van der Waals surface area contributed by atoms with Gasteiger partial charge in [-0.2, -0.15) is 5.10 Å². The first kappa shape index (κ1) is 14.1. The molecule has 0 radical (unpaired) electrons. The van der Waals surface area contributed by atoms with Crippen molar-refractivity contribution in [1.82, 2.24) is 9.78 Å². The summed E-state index contributed by atoms with van der Waals surface area (Å²) in [6, 6.07) is 8.50. The smallest absolute Gasteiger partial charge is 0.256 e. The third-order valence-corrected chi connectivity index (χ3v) is 2.65. The zero-order chi connectivity index (χ0) is 14.5. The first-order chi connectivity index (χ1) is 9.58. The quantitative estimate of drug-likeness (QED) is 0.865. The number of benzene rings is 1. The molecule has 0 fully saturated rings. The molecule has 0 aliphatic rings. The molecule has 0 bridgehead atoms. The number of carbonyl (C=O) groups excluding carboxylic acids is 1. The summed E-state index contributed by atoms with van der Waals surface area (Å²) in [5.74, 6) is 0.776. The van der Waals surface area contributed by atoms with E-state index in [4.69, 9.17) is 9.84 Å². The Hall–Kier alpha value is -2.34. The van der Waals surface area contributed by atoms with Crippen LogP contribution >= 0.6 is 0 Å². The van der Waals surface area contributed by atoms with Crippen LogP contribution in [0.25, 0.3) is 0 Å². The minimum atomic E-state index is -0.316. The Morgan fingerprint density at radius 3 is 2.95 bits per heavy atom. The minimum Gasteiger partial charge on any atom is -0.488 e. The molecule has 1 atom stereocenters. The average molecular weight is 275 g/mol. The minimum absolute atomic E-state index is 0.0790. The highest BCUT2D eigenvalue weighted by Crippen LogP contribution is 2.16. The zero-order valence-electron chi connectivity index (χ0n) is 11.4. The predicted molar refractivity (Wildman–Crippen MR) is 74.8 cm³/mol. The topological polar surface area (TPSA) is 76.4 Å². The van der Waals surface area contributed by atoms with Gasteiger partial charge >= 0.3 is 0 Å². The Bertz CT molecular complexity index is 595. The number of hydrogen-bond donors (Lipinski definition) is 2. The van der Waals surface area contributed by atoms with Crippen LogP contribution in [0.2, 0.25) is 0 Å². The first-order valence-electron chi connectivity index (χ1n) is 6.27. The van der Waals surface area contributed by atoms with E-state index in [0.717, 1.165) is 0 Å². The molecule has 2 aromatic rings. The van der Waals surface area contributed by atoms with E-state index in [0.29, 0.717) is 17.1 Å². The van der Waals surface area contributed by atoms with Crippen LogP contribution in [0.3, 0.4) is 0 Å². The van der Waals surface area contributed by atoms with Crippen molar-refractivity contribution >= 4 is 11.7 Å². The van der Waals surface area contributed by atoms with Crippen LogP contribution in [0.4, 0.5) is 5.82 Å². The van der Waals surface area contributed by atoms with Crippen LogP contribution in [0.15, 0.2) is 36.5 Å². The van der Waals surface area contributed by atoms with Crippen molar-refractivity contribution < 1.29 is 14.6 Å². The van der Waals surface area contributed by atoms with Gasteiger partial charge in [0.15, 0.2) is 5.82 Å². The fourth-order valence-electron chi connectivity index (χ4n) is 1.65. The third-order valence-electron chi connectivity index (χ3n) is 2.65. The number of hydrogen-bond acceptors (Lipinski definition) is 4. The lowest BCUT2D eigenvalue weighted by Crippen LogP contribution is -2.17. The maximum absolute atomic E-state index is 12.1. The van der Waals surface area contributed by atoms with Gasteiger partial charge in [0.1, 0.15) is 11.9 Å². The molecular formula is C14H17N3O3. The monoisotopic (exact) mass is 275 g/mol. The number of aliphatic hydroxyl groups is 1. The first-order valence-corrected chi connectivity index (χ1v) is 6.27. The second-order valence-electron chi connectivity index (χ2n) is 4.47. The van der Waals surface area contributed by atoms with Crippen molar-refractivity contribution in [3.05, 3.63) is 42.1 Å². The summed E-state index contributed by atoms with van der Waals surface area (Å²) in [6.07, 6.45) is 1.43. The number of anilines is 1. The summed E-state index contributed by atoms with van der Waals surface area (Å²) < 4.78 is 7.07. The van der Waals surface area contributed by atoms with Crippen LogP contribution in [0.1, 0.15) is 17.3 Å². The van der Waals surface area contributed by atoms with Crippen LogP contribution < -0.4 is 10.1 Å². The van der Waals surface area contributed by atoms with Crippen molar-refractivity contribution in [2.45, 2.75) is 13.0 Å². The normalized spacial score (nSPS) is 11.9. The lowest BCUT2D eigenvalue weighted by atomic mass is 10.2. The summed E-state index contributed by atoms with van der Waals surface area (Å²) in [4.78, 5) is 12.1. The standard InChI is InChI=1S/C14H17N3O3/c1-10(9-18)20-12-5-3-4-11(8-12)14(19)15-13-6-7-17(2)16-13/h3-8,10,18H,9H2,1-2H3,(H,15,16,19). The number of nitrogens with zero attached hydrogens (tertiary/aromatic N) is 2. The molecule has 2 N–H and O–H groups in total. The number of aryl methyl sites for hydroxylation is 1. The molecule has 20 heavy (non-hydrogen) atoms. The number of aromatic nitrogens is 2. The van der Waals surface area contributed by atoms with E-state index in [1.807, 2.05) is 0 Å². The van der Waals surface area contributed by atoms with Crippen molar-refractivity contribution in [2.24, 2.45) is 7.05 Å². The molecule has 0 aliphatic carbocycles. The highest BCUT2D eigenvalue weighted by atomic mass is 16.5. The van der Waals surface area contributed by atoms with E-state index in [-0.39, 0.29) is 18.6 Å². The maximum atomic E-state index is 12.1.